The molecule has 0 heterocycles. The molecule has 0 spiro atoms. The largest absolute Gasteiger partial charge is 0.242 e. The van der Waals surface area contributed by atoms with Gasteiger partial charge in [0.15, 0.2) is 0 Å². The topological polar surface area (TPSA) is 46.2 Å². The van der Waals surface area contributed by atoms with Crippen molar-refractivity contribution in [2.45, 2.75) is 24.3 Å². The number of sulfonamides is 1. The molecule has 0 bridgehead atoms. The third-order valence-corrected chi connectivity index (χ3v) is 6.51. The van der Waals surface area contributed by atoms with Crippen molar-refractivity contribution >= 4 is 57.8 Å². The van der Waals surface area contributed by atoms with E-state index in [-0.39, 0.29) is 4.90 Å². The molecule has 0 amide bonds. The van der Waals surface area contributed by atoms with Crippen LogP contribution in [0.5, 0.6) is 0 Å². The van der Waals surface area contributed by atoms with Crippen LogP contribution in [0.2, 0.25) is 0 Å². The SMILES string of the molecule is CC(C)(CBr)NS(=O)(=O)c1cc(Br)ccc1Br. The van der Waals surface area contributed by atoms with E-state index in [1.807, 2.05) is 13.8 Å². The molecular weight excluding hydrogens is 438 g/mol. The quantitative estimate of drug-likeness (QED) is 0.713. The Labute approximate surface area is 127 Å². The van der Waals surface area contributed by atoms with Crippen LogP contribution in [0.4, 0.5) is 0 Å². The lowest BCUT2D eigenvalue weighted by atomic mass is 10.1. The molecule has 17 heavy (non-hydrogen) atoms. The standard InChI is InChI=1S/C10H12Br3NO2S/c1-10(2,6-11)14-17(15,16)9-5-7(12)3-4-8(9)13/h3-5,14H,6H2,1-2H3. The van der Waals surface area contributed by atoms with Gasteiger partial charge in [-0.3, -0.25) is 0 Å². The summed E-state index contributed by atoms with van der Waals surface area (Å²) in [6.07, 6.45) is 0. The second-order valence-electron chi connectivity index (χ2n) is 4.20. The van der Waals surface area contributed by atoms with Crippen molar-refractivity contribution in [2.75, 3.05) is 5.33 Å². The van der Waals surface area contributed by atoms with Gasteiger partial charge in [0.1, 0.15) is 0 Å². The number of benzene rings is 1. The Kier molecular flexibility index (Phi) is 5.23. The summed E-state index contributed by atoms with van der Waals surface area (Å²) in [6, 6.07) is 5.04. The number of halogens is 3. The molecule has 1 rings (SSSR count). The van der Waals surface area contributed by atoms with Crippen molar-refractivity contribution in [3.8, 4) is 0 Å². The van der Waals surface area contributed by atoms with Crippen molar-refractivity contribution in [1.82, 2.24) is 4.72 Å². The number of rotatable bonds is 4. The van der Waals surface area contributed by atoms with Crippen molar-refractivity contribution in [2.24, 2.45) is 0 Å². The van der Waals surface area contributed by atoms with E-state index >= 15 is 0 Å². The van der Waals surface area contributed by atoms with Gasteiger partial charge in [0.25, 0.3) is 0 Å². The van der Waals surface area contributed by atoms with E-state index in [2.05, 4.69) is 52.5 Å². The molecule has 7 heteroatoms. The maximum atomic E-state index is 12.2. The van der Waals surface area contributed by atoms with Crippen LogP contribution in [-0.2, 0) is 10.0 Å². The van der Waals surface area contributed by atoms with E-state index in [4.69, 9.17) is 0 Å². The Morgan fingerprint density at radius 2 is 1.88 bits per heavy atom. The number of nitrogens with one attached hydrogen (secondary N) is 1. The fraction of sp³-hybridized carbons (Fsp3) is 0.400. The lowest BCUT2D eigenvalue weighted by molar-refractivity contribution is 0.500. The summed E-state index contributed by atoms with van der Waals surface area (Å²) in [5, 5.41) is 0.533. The van der Waals surface area contributed by atoms with E-state index < -0.39 is 15.6 Å². The molecule has 0 atom stereocenters. The Morgan fingerprint density at radius 1 is 1.29 bits per heavy atom. The highest BCUT2D eigenvalue weighted by atomic mass is 79.9. The Balaban J connectivity index is 3.18. The van der Waals surface area contributed by atoms with Crippen LogP contribution in [0.3, 0.4) is 0 Å². The highest BCUT2D eigenvalue weighted by Crippen LogP contribution is 2.26. The maximum Gasteiger partial charge on any atom is 0.242 e. The van der Waals surface area contributed by atoms with Crippen molar-refractivity contribution < 1.29 is 8.42 Å². The molecule has 0 aliphatic carbocycles. The summed E-state index contributed by atoms with van der Waals surface area (Å²) in [5.74, 6) is 0. The Morgan fingerprint density at radius 3 is 2.41 bits per heavy atom. The molecule has 1 aromatic rings. The molecule has 0 aromatic heterocycles. The lowest BCUT2D eigenvalue weighted by Gasteiger charge is -2.23. The van der Waals surface area contributed by atoms with Gasteiger partial charge in [-0.2, -0.15) is 0 Å². The molecule has 0 radical (unpaired) electrons. The lowest BCUT2D eigenvalue weighted by Crippen LogP contribution is -2.44. The predicted molar refractivity (Wildman–Crippen MR) is 80.0 cm³/mol. The third kappa shape index (κ3) is 4.31. The summed E-state index contributed by atoms with van der Waals surface area (Å²) < 4.78 is 28.3. The summed E-state index contributed by atoms with van der Waals surface area (Å²) in [5.41, 5.74) is -0.541. The first-order valence-electron chi connectivity index (χ1n) is 4.73. The third-order valence-electron chi connectivity index (χ3n) is 1.93. The van der Waals surface area contributed by atoms with Gasteiger partial charge in [0.2, 0.25) is 10.0 Å². The minimum atomic E-state index is -3.54. The van der Waals surface area contributed by atoms with E-state index in [1.54, 1.807) is 18.2 Å². The monoisotopic (exact) mass is 447 g/mol. The first kappa shape index (κ1) is 15.6. The highest BCUT2D eigenvalue weighted by Gasteiger charge is 2.26. The van der Waals surface area contributed by atoms with Crippen molar-refractivity contribution in [1.29, 1.82) is 0 Å². The summed E-state index contributed by atoms with van der Waals surface area (Å²) >= 11 is 9.79. The van der Waals surface area contributed by atoms with Gasteiger partial charge in [0, 0.05) is 19.8 Å². The molecule has 0 aliphatic rings. The number of hydrogen-bond acceptors (Lipinski definition) is 2. The van der Waals surface area contributed by atoms with E-state index in [0.29, 0.717) is 9.80 Å². The summed E-state index contributed by atoms with van der Waals surface area (Å²) in [7, 11) is -3.54. The molecular formula is C10H12Br3NO2S. The van der Waals surface area contributed by atoms with Crippen LogP contribution in [-0.4, -0.2) is 19.3 Å². The Hall–Kier alpha value is 0.570. The first-order chi connectivity index (χ1) is 7.68. The normalized spacial score (nSPS) is 12.8. The zero-order valence-corrected chi connectivity index (χ0v) is 14.9. The molecule has 1 aromatic carbocycles. The summed E-state index contributed by atoms with van der Waals surface area (Å²) in [6.45, 7) is 3.62. The molecule has 0 saturated heterocycles. The fourth-order valence-corrected chi connectivity index (χ4v) is 4.37. The molecule has 0 aliphatic heterocycles. The van der Waals surface area contributed by atoms with Gasteiger partial charge in [-0.1, -0.05) is 31.9 Å². The van der Waals surface area contributed by atoms with Gasteiger partial charge < -0.3 is 0 Å². The molecule has 3 nitrogen and oxygen atoms in total. The maximum absolute atomic E-state index is 12.2. The van der Waals surface area contributed by atoms with Gasteiger partial charge in [-0.25, -0.2) is 13.1 Å². The van der Waals surface area contributed by atoms with Gasteiger partial charge in [-0.05, 0) is 48.0 Å². The molecule has 1 N–H and O–H groups in total. The second-order valence-corrected chi connectivity index (χ2v) is 8.18. The average molecular weight is 450 g/mol. The second kappa shape index (κ2) is 5.69. The average Bonchev–Trinajstić information content (AvgIpc) is 2.20. The predicted octanol–water partition coefficient (Wildman–Crippen LogP) is 3.66. The van der Waals surface area contributed by atoms with Crippen LogP contribution in [0.25, 0.3) is 0 Å². The van der Waals surface area contributed by atoms with Gasteiger partial charge >= 0.3 is 0 Å². The fourth-order valence-electron chi connectivity index (χ4n) is 1.13. The van der Waals surface area contributed by atoms with Crippen LogP contribution >= 0.6 is 47.8 Å². The van der Waals surface area contributed by atoms with Crippen LogP contribution in [0, 0.1) is 0 Å². The minimum Gasteiger partial charge on any atom is -0.207 e. The van der Waals surface area contributed by atoms with Crippen LogP contribution < -0.4 is 4.72 Å². The summed E-state index contributed by atoms with van der Waals surface area (Å²) in [4.78, 5) is 0.223. The Bertz CT molecular complexity index is 514. The highest BCUT2D eigenvalue weighted by molar-refractivity contribution is 9.11. The minimum absolute atomic E-state index is 0.223. The van der Waals surface area contributed by atoms with Crippen LogP contribution in [0.1, 0.15) is 13.8 Å². The molecule has 0 fully saturated rings. The van der Waals surface area contributed by atoms with Crippen molar-refractivity contribution in [3.63, 3.8) is 0 Å². The zero-order valence-electron chi connectivity index (χ0n) is 9.30. The van der Waals surface area contributed by atoms with E-state index in [1.165, 1.54) is 0 Å². The van der Waals surface area contributed by atoms with Crippen molar-refractivity contribution in [3.05, 3.63) is 27.1 Å². The smallest absolute Gasteiger partial charge is 0.207 e. The van der Waals surface area contributed by atoms with Crippen LogP contribution in [0.15, 0.2) is 32.0 Å². The zero-order chi connectivity index (χ0) is 13.3. The van der Waals surface area contributed by atoms with E-state index in [9.17, 15) is 8.42 Å². The van der Waals surface area contributed by atoms with Gasteiger partial charge in [-0.15, -0.1) is 0 Å². The molecule has 0 unspecified atom stereocenters. The number of alkyl halides is 1. The number of hydrogen-bond donors (Lipinski definition) is 1. The van der Waals surface area contributed by atoms with Gasteiger partial charge in [0.05, 0.1) is 4.90 Å². The first-order valence-corrected chi connectivity index (χ1v) is 8.92. The molecule has 96 valence electrons. The molecule has 0 saturated carbocycles. The van der Waals surface area contributed by atoms with E-state index in [0.717, 1.165) is 4.47 Å².